The summed E-state index contributed by atoms with van der Waals surface area (Å²) in [6.45, 7) is 3.58. The number of likely N-dealkylation sites (tertiary alicyclic amines) is 1. The third-order valence-electron chi connectivity index (χ3n) is 7.19. The van der Waals surface area contributed by atoms with Crippen LogP contribution in [0.15, 0.2) is 65.3 Å². The second kappa shape index (κ2) is 11.1. The van der Waals surface area contributed by atoms with Gasteiger partial charge in [0.2, 0.25) is 5.95 Å². The van der Waals surface area contributed by atoms with Gasteiger partial charge in [0.1, 0.15) is 0 Å². The molecule has 9 heteroatoms. The molecule has 192 valence electrons. The lowest BCUT2D eigenvalue weighted by atomic mass is 9.74. The first-order valence-electron chi connectivity index (χ1n) is 12.1. The molecule has 2 aromatic carbocycles. The van der Waals surface area contributed by atoms with Crippen molar-refractivity contribution in [2.75, 3.05) is 31.1 Å². The zero-order valence-corrected chi connectivity index (χ0v) is 23.2. The number of urea groups is 1. The number of aromatic nitrogens is 1. The lowest BCUT2D eigenvalue weighted by Crippen LogP contribution is -2.47. The van der Waals surface area contributed by atoms with E-state index >= 15 is 0 Å². The maximum Gasteiger partial charge on any atom is 0.322 e. The minimum absolute atomic E-state index is 0.0941. The summed E-state index contributed by atoms with van der Waals surface area (Å²) in [5, 5.41) is 4.05. The van der Waals surface area contributed by atoms with Crippen LogP contribution in [0.5, 0.6) is 0 Å². The van der Waals surface area contributed by atoms with Crippen molar-refractivity contribution < 1.29 is 9.18 Å². The molecule has 1 aromatic heterocycles. The van der Waals surface area contributed by atoms with Crippen LogP contribution >= 0.6 is 39.1 Å². The molecular formula is C28H26BrCl2FN4O. The fourth-order valence-electron chi connectivity index (χ4n) is 5.19. The van der Waals surface area contributed by atoms with Crippen molar-refractivity contribution >= 4 is 56.9 Å². The number of pyridine rings is 1. The smallest absolute Gasteiger partial charge is 0.322 e. The Balaban J connectivity index is 1.24. The Bertz CT molecular complexity index is 1340. The molecule has 37 heavy (non-hydrogen) atoms. The summed E-state index contributed by atoms with van der Waals surface area (Å²) >= 11 is 15.8. The van der Waals surface area contributed by atoms with E-state index in [1.165, 1.54) is 17.8 Å². The number of benzene rings is 2. The van der Waals surface area contributed by atoms with E-state index in [0.717, 1.165) is 48.2 Å². The van der Waals surface area contributed by atoms with Crippen molar-refractivity contribution in [3.63, 3.8) is 0 Å². The Morgan fingerprint density at radius 1 is 1.11 bits per heavy atom. The highest BCUT2D eigenvalue weighted by molar-refractivity contribution is 9.10. The fourth-order valence-corrected chi connectivity index (χ4v) is 5.86. The lowest BCUT2D eigenvalue weighted by Gasteiger charge is -2.39. The number of anilines is 1. The predicted octanol–water partition coefficient (Wildman–Crippen LogP) is 7.07. The number of rotatable bonds is 5. The fraction of sp³-hybridized carbons (Fsp3) is 0.286. The number of halogens is 4. The van der Waals surface area contributed by atoms with E-state index in [2.05, 4.69) is 49.3 Å². The van der Waals surface area contributed by atoms with Gasteiger partial charge in [-0.05, 0) is 85.1 Å². The van der Waals surface area contributed by atoms with Gasteiger partial charge in [-0.25, -0.2) is 9.78 Å². The molecule has 5 rings (SSSR count). The highest BCUT2D eigenvalue weighted by atomic mass is 79.9. The zero-order valence-electron chi connectivity index (χ0n) is 20.1. The molecule has 1 fully saturated rings. The maximum absolute atomic E-state index is 13.4. The number of amides is 2. The Morgan fingerprint density at radius 3 is 2.68 bits per heavy atom. The highest BCUT2D eigenvalue weighted by Gasteiger charge is 2.46. The van der Waals surface area contributed by atoms with Crippen molar-refractivity contribution in [3.05, 3.63) is 98.0 Å². The Morgan fingerprint density at radius 2 is 1.92 bits per heavy atom. The number of carbonyl (C=O) groups excluding carboxylic acids is 1. The van der Waals surface area contributed by atoms with Crippen LogP contribution in [-0.4, -0.2) is 42.1 Å². The van der Waals surface area contributed by atoms with Crippen molar-refractivity contribution in [1.29, 1.82) is 0 Å². The SMILES string of the molecule is O=C(NCc1ccnc(F)c1)N1CC2(CCN(C/C=C/c3ccc(Cl)c(Cl)c3)CC2)c2cc(Br)ccc21. The largest absolute Gasteiger partial charge is 0.334 e. The molecule has 1 N–H and O–H groups in total. The van der Waals surface area contributed by atoms with E-state index in [0.29, 0.717) is 22.2 Å². The van der Waals surface area contributed by atoms with Gasteiger partial charge in [-0.3, -0.25) is 9.80 Å². The topological polar surface area (TPSA) is 48.5 Å². The molecule has 0 unspecified atom stereocenters. The molecule has 0 radical (unpaired) electrons. The monoisotopic (exact) mass is 602 g/mol. The third-order valence-corrected chi connectivity index (χ3v) is 8.42. The van der Waals surface area contributed by atoms with Gasteiger partial charge in [-0.2, -0.15) is 4.39 Å². The van der Waals surface area contributed by atoms with Crippen molar-refractivity contribution in [2.24, 2.45) is 0 Å². The zero-order chi connectivity index (χ0) is 26.0. The van der Waals surface area contributed by atoms with E-state index in [1.54, 1.807) is 12.1 Å². The van der Waals surface area contributed by atoms with Crippen LogP contribution in [0.3, 0.4) is 0 Å². The summed E-state index contributed by atoms with van der Waals surface area (Å²) in [6.07, 6.45) is 7.53. The molecule has 0 atom stereocenters. The minimum atomic E-state index is -0.555. The standard InChI is InChI=1S/C28H26BrCl2FN4O/c29-21-4-6-25-22(16-21)28(18-36(25)27(37)34-17-20-7-10-33-26(32)15-20)8-12-35(13-9-28)11-1-2-19-3-5-23(30)24(31)14-19/h1-7,10,14-16H,8-9,11-13,17-18H2,(H,34,37)/b2-1+. The Kier molecular flexibility index (Phi) is 7.86. The molecule has 0 aliphatic carbocycles. The molecular weight excluding hydrogens is 578 g/mol. The molecule has 2 amide bonds. The van der Waals surface area contributed by atoms with Gasteiger partial charge in [0, 0.05) is 41.4 Å². The van der Waals surface area contributed by atoms with Crippen molar-refractivity contribution in [3.8, 4) is 0 Å². The number of piperidine rings is 1. The summed E-state index contributed by atoms with van der Waals surface area (Å²) in [7, 11) is 0. The molecule has 2 aliphatic rings. The highest BCUT2D eigenvalue weighted by Crippen LogP contribution is 2.48. The second-order valence-corrected chi connectivity index (χ2v) is 11.3. The first-order chi connectivity index (χ1) is 17.8. The molecule has 0 bridgehead atoms. The van der Waals surface area contributed by atoms with Gasteiger partial charge < -0.3 is 5.32 Å². The minimum Gasteiger partial charge on any atom is -0.334 e. The third kappa shape index (κ3) is 5.85. The average Bonchev–Trinajstić information content (AvgIpc) is 3.19. The Labute approximate surface area is 234 Å². The maximum atomic E-state index is 13.4. The summed E-state index contributed by atoms with van der Waals surface area (Å²) < 4.78 is 14.4. The van der Waals surface area contributed by atoms with E-state index in [1.807, 2.05) is 29.2 Å². The second-order valence-electron chi connectivity index (χ2n) is 9.55. The Hall–Kier alpha value is -2.45. The summed E-state index contributed by atoms with van der Waals surface area (Å²) in [6, 6.07) is 14.6. The van der Waals surface area contributed by atoms with E-state index in [-0.39, 0.29) is 18.0 Å². The van der Waals surface area contributed by atoms with Gasteiger partial charge in [-0.1, -0.05) is 57.4 Å². The van der Waals surface area contributed by atoms with Crippen LogP contribution in [-0.2, 0) is 12.0 Å². The average molecular weight is 604 g/mol. The summed E-state index contributed by atoms with van der Waals surface area (Å²) in [4.78, 5) is 21.1. The van der Waals surface area contributed by atoms with Crippen LogP contribution in [0.25, 0.3) is 6.08 Å². The van der Waals surface area contributed by atoms with Gasteiger partial charge in [0.05, 0.1) is 10.0 Å². The van der Waals surface area contributed by atoms with Crippen molar-refractivity contribution in [2.45, 2.75) is 24.8 Å². The van der Waals surface area contributed by atoms with Crippen LogP contribution in [0.2, 0.25) is 10.0 Å². The molecule has 0 saturated carbocycles. The quantitative estimate of drug-likeness (QED) is 0.317. The van der Waals surface area contributed by atoms with E-state index in [4.69, 9.17) is 23.2 Å². The first kappa shape index (κ1) is 26.2. The van der Waals surface area contributed by atoms with Crippen LogP contribution in [0.1, 0.15) is 29.5 Å². The number of fused-ring (bicyclic) bond motifs is 2. The van der Waals surface area contributed by atoms with E-state index in [9.17, 15) is 9.18 Å². The van der Waals surface area contributed by atoms with Crippen LogP contribution in [0, 0.1) is 5.95 Å². The molecule has 2 aliphatic heterocycles. The number of nitrogens with zero attached hydrogens (tertiary/aromatic N) is 3. The van der Waals surface area contributed by atoms with Gasteiger partial charge in [-0.15, -0.1) is 0 Å². The number of carbonyl (C=O) groups is 1. The molecule has 3 heterocycles. The predicted molar refractivity (Wildman–Crippen MR) is 151 cm³/mol. The van der Waals surface area contributed by atoms with Crippen LogP contribution < -0.4 is 10.2 Å². The molecule has 1 spiro atoms. The number of nitrogens with one attached hydrogen (secondary N) is 1. The normalized spacial score (nSPS) is 16.9. The summed E-state index contributed by atoms with van der Waals surface area (Å²) in [5.41, 5.74) is 3.75. The van der Waals surface area contributed by atoms with E-state index < -0.39 is 5.95 Å². The van der Waals surface area contributed by atoms with Gasteiger partial charge in [0.15, 0.2) is 0 Å². The van der Waals surface area contributed by atoms with Gasteiger partial charge in [0.25, 0.3) is 0 Å². The van der Waals surface area contributed by atoms with Crippen LogP contribution in [0.4, 0.5) is 14.9 Å². The van der Waals surface area contributed by atoms with Crippen molar-refractivity contribution in [1.82, 2.24) is 15.2 Å². The molecule has 3 aromatic rings. The number of hydrogen-bond acceptors (Lipinski definition) is 3. The van der Waals surface area contributed by atoms with Gasteiger partial charge >= 0.3 is 6.03 Å². The summed E-state index contributed by atoms with van der Waals surface area (Å²) in [5.74, 6) is -0.555. The molecule has 1 saturated heterocycles. The molecule has 5 nitrogen and oxygen atoms in total. The lowest BCUT2D eigenvalue weighted by molar-refractivity contribution is 0.180. The first-order valence-corrected chi connectivity index (χ1v) is 13.7. The number of hydrogen-bond donors (Lipinski definition) is 1.